The summed E-state index contributed by atoms with van der Waals surface area (Å²) in [6.45, 7) is 5.82. The fraction of sp³-hybridized carbons (Fsp3) is 0.448. The van der Waals surface area contributed by atoms with Gasteiger partial charge in [-0.1, -0.05) is 28.1 Å². The highest BCUT2D eigenvalue weighted by Crippen LogP contribution is 2.33. The van der Waals surface area contributed by atoms with E-state index in [0.717, 1.165) is 21.0 Å². The van der Waals surface area contributed by atoms with Crippen LogP contribution < -0.4 is 16.0 Å². The van der Waals surface area contributed by atoms with Gasteiger partial charge in [0, 0.05) is 16.9 Å². The van der Waals surface area contributed by atoms with Crippen LogP contribution in [-0.4, -0.2) is 56.7 Å². The number of anilines is 1. The second kappa shape index (κ2) is 13.5. The van der Waals surface area contributed by atoms with Gasteiger partial charge in [-0.25, -0.2) is 14.1 Å². The van der Waals surface area contributed by atoms with E-state index in [0.29, 0.717) is 32.2 Å². The van der Waals surface area contributed by atoms with Gasteiger partial charge in [0.2, 0.25) is 11.7 Å². The third-order valence-corrected chi connectivity index (χ3v) is 7.58. The first-order chi connectivity index (χ1) is 19.9. The number of nitrogens with zero attached hydrogens (tertiary/aromatic N) is 4. The van der Waals surface area contributed by atoms with Crippen molar-refractivity contribution in [1.82, 2.24) is 25.9 Å². The Morgan fingerprint density at radius 3 is 2.43 bits per heavy atom. The van der Waals surface area contributed by atoms with Crippen molar-refractivity contribution in [1.29, 1.82) is 0 Å². The molecular formula is C29H35BrFN7O4. The molecule has 1 heterocycles. The number of nitrogens with one attached hydrogen (secondary N) is 2. The van der Waals surface area contributed by atoms with E-state index < -0.39 is 41.3 Å². The van der Waals surface area contributed by atoms with Crippen molar-refractivity contribution in [3.8, 4) is 11.4 Å². The van der Waals surface area contributed by atoms with Crippen molar-refractivity contribution in [2.24, 2.45) is 17.6 Å². The summed E-state index contributed by atoms with van der Waals surface area (Å²) in [5.41, 5.74) is 6.72. The number of alkyl carbamates (subject to hydrolysis) is 1. The molecule has 0 radical (unpaired) electrons. The number of nitrogens with two attached hydrogens (primary N) is 1. The van der Waals surface area contributed by atoms with E-state index in [1.807, 2.05) is 24.3 Å². The molecule has 11 nitrogen and oxygen atoms in total. The topological polar surface area (TPSA) is 156 Å². The lowest BCUT2D eigenvalue weighted by atomic mass is 9.81. The van der Waals surface area contributed by atoms with Crippen LogP contribution >= 0.6 is 15.9 Å². The van der Waals surface area contributed by atoms with Gasteiger partial charge < -0.3 is 15.8 Å². The van der Waals surface area contributed by atoms with Crippen LogP contribution in [0.2, 0.25) is 0 Å². The molecule has 2 aromatic carbocycles. The van der Waals surface area contributed by atoms with Crippen molar-refractivity contribution in [2.75, 3.05) is 11.4 Å². The molecule has 0 spiro atoms. The Balaban J connectivity index is 1.50. The van der Waals surface area contributed by atoms with Crippen LogP contribution in [0.4, 0.5) is 14.9 Å². The van der Waals surface area contributed by atoms with E-state index in [2.05, 4.69) is 41.9 Å². The maximum absolute atomic E-state index is 15.2. The Bertz CT molecular complexity index is 1390. The first-order valence-corrected chi connectivity index (χ1v) is 14.6. The van der Waals surface area contributed by atoms with Crippen LogP contribution in [0.3, 0.4) is 0 Å². The SMILES string of the molecule is CC(C)(C)OC(=O)NCC1CCC(C(=O)N(C(=O)[C@@H](N)Cc2ccc(Br)cc2)c2ccc(-c3nn[nH]n3)c(F)c2)CC1. The number of aromatic amines is 1. The normalized spacial score (nSPS) is 17.8. The highest BCUT2D eigenvalue weighted by molar-refractivity contribution is 9.10. The number of H-pyrrole nitrogens is 1. The number of aromatic nitrogens is 4. The molecule has 0 aliphatic heterocycles. The molecule has 1 aromatic heterocycles. The number of amides is 3. The first-order valence-electron chi connectivity index (χ1n) is 13.8. The van der Waals surface area contributed by atoms with Gasteiger partial charge >= 0.3 is 6.09 Å². The van der Waals surface area contributed by atoms with Crippen molar-refractivity contribution in [3.63, 3.8) is 0 Å². The number of benzene rings is 2. The molecular weight excluding hydrogens is 609 g/mol. The average molecular weight is 645 g/mol. The van der Waals surface area contributed by atoms with E-state index in [1.54, 1.807) is 20.8 Å². The minimum Gasteiger partial charge on any atom is -0.444 e. The third kappa shape index (κ3) is 8.19. The number of halogens is 2. The maximum atomic E-state index is 15.2. The lowest BCUT2D eigenvalue weighted by Crippen LogP contribution is -2.50. The zero-order valence-corrected chi connectivity index (χ0v) is 25.4. The highest BCUT2D eigenvalue weighted by Gasteiger charge is 2.36. The number of ether oxygens (including phenoxy) is 1. The number of carbonyl (C=O) groups excluding carboxylic acids is 3. The second-order valence-corrected chi connectivity index (χ2v) is 12.4. The molecule has 224 valence electrons. The van der Waals surface area contributed by atoms with Crippen LogP contribution in [0.1, 0.15) is 52.0 Å². The quantitative estimate of drug-likeness (QED) is 0.323. The molecule has 0 bridgehead atoms. The maximum Gasteiger partial charge on any atom is 0.407 e. The minimum atomic E-state index is -1.04. The Morgan fingerprint density at radius 1 is 1.14 bits per heavy atom. The number of hydrogen-bond acceptors (Lipinski definition) is 8. The monoisotopic (exact) mass is 643 g/mol. The fourth-order valence-electron chi connectivity index (χ4n) is 4.93. The smallest absolute Gasteiger partial charge is 0.407 e. The molecule has 1 atom stereocenters. The molecule has 1 aliphatic rings. The highest BCUT2D eigenvalue weighted by atomic mass is 79.9. The van der Waals surface area contributed by atoms with Crippen LogP contribution in [0.5, 0.6) is 0 Å². The molecule has 42 heavy (non-hydrogen) atoms. The molecule has 3 aromatic rings. The molecule has 4 rings (SSSR count). The van der Waals surface area contributed by atoms with Crippen molar-refractivity contribution >= 4 is 39.5 Å². The average Bonchev–Trinajstić information content (AvgIpc) is 3.47. The van der Waals surface area contributed by atoms with Gasteiger partial charge in [0.15, 0.2) is 0 Å². The minimum absolute atomic E-state index is 0.0495. The largest absolute Gasteiger partial charge is 0.444 e. The summed E-state index contributed by atoms with van der Waals surface area (Å²) >= 11 is 3.39. The van der Waals surface area contributed by atoms with Gasteiger partial charge in [0.25, 0.3) is 5.91 Å². The molecule has 3 amide bonds. The molecule has 0 unspecified atom stereocenters. The van der Waals surface area contributed by atoms with E-state index in [9.17, 15) is 14.4 Å². The lowest BCUT2D eigenvalue weighted by molar-refractivity contribution is -0.130. The summed E-state index contributed by atoms with van der Waals surface area (Å²) in [5.74, 6) is -2.02. The van der Waals surface area contributed by atoms with Gasteiger partial charge in [0.1, 0.15) is 11.4 Å². The Hall–Kier alpha value is -3.71. The fourth-order valence-corrected chi connectivity index (χ4v) is 5.19. The second-order valence-electron chi connectivity index (χ2n) is 11.4. The van der Waals surface area contributed by atoms with Gasteiger partial charge in [-0.15, -0.1) is 10.2 Å². The summed E-state index contributed by atoms with van der Waals surface area (Å²) in [4.78, 5) is 40.7. The summed E-state index contributed by atoms with van der Waals surface area (Å²) < 4.78 is 21.4. The zero-order chi connectivity index (χ0) is 30.4. The van der Waals surface area contributed by atoms with Crippen molar-refractivity contribution in [3.05, 3.63) is 58.3 Å². The summed E-state index contributed by atoms with van der Waals surface area (Å²) in [6, 6.07) is 10.3. The Morgan fingerprint density at radius 2 is 1.83 bits per heavy atom. The number of tetrazole rings is 1. The van der Waals surface area contributed by atoms with E-state index >= 15 is 4.39 Å². The van der Waals surface area contributed by atoms with Crippen LogP contribution in [-0.2, 0) is 20.7 Å². The van der Waals surface area contributed by atoms with Gasteiger partial charge in [-0.3, -0.25) is 9.59 Å². The van der Waals surface area contributed by atoms with Gasteiger partial charge in [-0.2, -0.15) is 5.21 Å². The van der Waals surface area contributed by atoms with E-state index in [4.69, 9.17) is 10.5 Å². The predicted molar refractivity (Wildman–Crippen MR) is 158 cm³/mol. The van der Waals surface area contributed by atoms with Gasteiger partial charge in [0.05, 0.1) is 17.3 Å². The Kier molecular flexibility index (Phi) is 10.0. The Labute approximate surface area is 251 Å². The molecule has 13 heteroatoms. The molecule has 1 saturated carbocycles. The summed E-state index contributed by atoms with van der Waals surface area (Å²) in [7, 11) is 0. The molecule has 4 N–H and O–H groups in total. The predicted octanol–water partition coefficient (Wildman–Crippen LogP) is 4.53. The number of imide groups is 1. The van der Waals surface area contributed by atoms with Crippen LogP contribution in [0.15, 0.2) is 46.9 Å². The molecule has 1 aliphatic carbocycles. The van der Waals surface area contributed by atoms with Gasteiger partial charge in [-0.05, 0) is 99.9 Å². The number of rotatable bonds is 8. The van der Waals surface area contributed by atoms with Crippen molar-refractivity contribution in [2.45, 2.75) is 64.5 Å². The van der Waals surface area contributed by atoms with Crippen LogP contribution in [0, 0.1) is 17.7 Å². The van der Waals surface area contributed by atoms with Crippen LogP contribution in [0.25, 0.3) is 11.4 Å². The molecule has 1 fully saturated rings. The summed E-state index contributed by atoms with van der Waals surface area (Å²) in [6.07, 6.45) is 2.07. The zero-order valence-electron chi connectivity index (χ0n) is 23.8. The van der Waals surface area contributed by atoms with Crippen molar-refractivity contribution < 1.29 is 23.5 Å². The number of hydrogen-bond donors (Lipinski definition) is 3. The molecule has 0 saturated heterocycles. The summed E-state index contributed by atoms with van der Waals surface area (Å²) in [5, 5.41) is 16.1. The number of carbonyl (C=O) groups is 3. The lowest BCUT2D eigenvalue weighted by Gasteiger charge is -2.32. The third-order valence-electron chi connectivity index (χ3n) is 7.05. The van der Waals surface area contributed by atoms with E-state index in [1.165, 1.54) is 12.1 Å². The first kappa shape index (κ1) is 31.2. The van der Waals surface area contributed by atoms with E-state index in [-0.39, 0.29) is 29.4 Å². The standard InChI is InChI=1S/C29H35BrFN7O4/c1-29(2,3)42-28(41)33-16-18-4-8-19(9-5-18)26(39)38(27(40)24(32)14-17-6-10-20(30)11-7-17)21-12-13-22(23(31)15-21)25-34-36-37-35-25/h6-7,10-13,15,18-19,24H,4-5,8-9,14,16,32H2,1-3H3,(H,33,41)(H,34,35,36,37)/t18?,19?,24-/m0/s1.